The van der Waals surface area contributed by atoms with E-state index in [4.69, 9.17) is 5.11 Å². The Balaban J connectivity index is 2.06. The minimum Gasteiger partial charge on any atom is -0.480 e. The highest BCUT2D eigenvalue weighted by atomic mass is 19.2. The van der Waals surface area contributed by atoms with Gasteiger partial charge in [-0.25, -0.2) is 8.78 Å². The summed E-state index contributed by atoms with van der Waals surface area (Å²) in [5.41, 5.74) is 0.186. The smallest absolute Gasteiger partial charge is 0.323 e. The monoisotopic (exact) mass is 326 g/mol. The highest BCUT2D eigenvalue weighted by molar-refractivity contribution is 5.86. The molecule has 1 N–H and O–H groups in total. The summed E-state index contributed by atoms with van der Waals surface area (Å²) in [6.45, 7) is 0.430. The highest BCUT2D eigenvalue weighted by Crippen LogP contribution is 2.49. The average Bonchev–Trinajstić information content (AvgIpc) is 3.25. The van der Waals surface area contributed by atoms with Crippen LogP contribution in [0.1, 0.15) is 17.9 Å². The van der Waals surface area contributed by atoms with Crippen molar-refractivity contribution >= 4 is 11.9 Å². The first-order valence-corrected chi connectivity index (χ1v) is 7.40. The minimum absolute atomic E-state index is 0.186. The second-order valence-electron chi connectivity index (χ2n) is 6.05. The summed E-state index contributed by atoms with van der Waals surface area (Å²) in [5.74, 6) is -4.13. The third-order valence-electron chi connectivity index (χ3n) is 3.94. The van der Waals surface area contributed by atoms with Crippen molar-refractivity contribution in [2.45, 2.75) is 12.3 Å². The molecule has 0 aliphatic heterocycles. The Kier molecular flexibility index (Phi) is 5.30. The van der Waals surface area contributed by atoms with E-state index in [1.807, 2.05) is 19.0 Å². The van der Waals surface area contributed by atoms with Gasteiger partial charge in [0.1, 0.15) is 6.54 Å². The first-order valence-electron chi connectivity index (χ1n) is 7.40. The van der Waals surface area contributed by atoms with Gasteiger partial charge in [0.25, 0.3) is 0 Å². The highest BCUT2D eigenvalue weighted by Gasteiger charge is 2.47. The zero-order valence-electron chi connectivity index (χ0n) is 13.1. The number of benzene rings is 1. The van der Waals surface area contributed by atoms with Crippen molar-refractivity contribution in [3.63, 3.8) is 0 Å². The number of aliphatic carboxylic acids is 1. The average molecular weight is 326 g/mol. The van der Waals surface area contributed by atoms with E-state index in [1.54, 1.807) is 0 Å². The van der Waals surface area contributed by atoms with Gasteiger partial charge in [-0.3, -0.25) is 9.59 Å². The summed E-state index contributed by atoms with van der Waals surface area (Å²) in [4.78, 5) is 26.5. The SMILES string of the molecule is CN(C)CCN(CC(=O)O)C(=O)[C@@H]1C[C@H]1c1cccc(F)c1F. The molecule has 1 aliphatic rings. The largest absolute Gasteiger partial charge is 0.480 e. The van der Waals surface area contributed by atoms with Crippen molar-refractivity contribution in [2.75, 3.05) is 33.7 Å². The molecular formula is C16H20F2N2O3. The molecule has 0 unspecified atom stereocenters. The first kappa shape index (κ1) is 17.3. The molecule has 1 saturated carbocycles. The maximum atomic E-state index is 13.8. The van der Waals surface area contributed by atoms with Crippen LogP contribution in [0.5, 0.6) is 0 Å². The Morgan fingerprint density at radius 1 is 1.26 bits per heavy atom. The Bertz CT molecular complexity index is 607. The predicted molar refractivity (Wildman–Crippen MR) is 80.0 cm³/mol. The molecule has 1 aromatic rings. The normalized spacial score (nSPS) is 19.7. The second-order valence-corrected chi connectivity index (χ2v) is 6.05. The molecule has 0 radical (unpaired) electrons. The summed E-state index contributed by atoms with van der Waals surface area (Å²) in [5, 5.41) is 8.95. The van der Waals surface area contributed by atoms with Gasteiger partial charge in [0.2, 0.25) is 5.91 Å². The first-order chi connectivity index (χ1) is 10.8. The lowest BCUT2D eigenvalue weighted by atomic mass is 10.1. The van der Waals surface area contributed by atoms with Gasteiger partial charge in [0.05, 0.1) is 0 Å². The number of nitrogens with zero attached hydrogens (tertiary/aromatic N) is 2. The summed E-state index contributed by atoms with van der Waals surface area (Å²) < 4.78 is 27.1. The number of carbonyl (C=O) groups is 2. The second kappa shape index (κ2) is 7.04. The number of rotatable bonds is 7. The molecule has 0 aromatic heterocycles. The molecule has 5 nitrogen and oxygen atoms in total. The number of amides is 1. The van der Waals surface area contributed by atoms with Crippen molar-refractivity contribution in [1.29, 1.82) is 0 Å². The maximum absolute atomic E-state index is 13.8. The lowest BCUT2D eigenvalue weighted by Gasteiger charge is -2.23. The molecule has 1 aliphatic carbocycles. The van der Waals surface area contributed by atoms with Gasteiger partial charge in [-0.05, 0) is 38.1 Å². The van der Waals surface area contributed by atoms with Crippen molar-refractivity contribution in [1.82, 2.24) is 9.80 Å². The molecule has 0 heterocycles. The molecule has 1 aromatic carbocycles. The van der Waals surface area contributed by atoms with E-state index < -0.39 is 23.5 Å². The number of hydrogen-bond donors (Lipinski definition) is 1. The Hall–Kier alpha value is -2.02. The van der Waals surface area contributed by atoms with E-state index in [9.17, 15) is 18.4 Å². The summed E-state index contributed by atoms with van der Waals surface area (Å²) in [6.07, 6.45) is 0.414. The molecule has 2 atom stereocenters. The van der Waals surface area contributed by atoms with Crippen molar-refractivity contribution in [2.24, 2.45) is 5.92 Å². The van der Waals surface area contributed by atoms with Crippen molar-refractivity contribution < 1.29 is 23.5 Å². The molecule has 23 heavy (non-hydrogen) atoms. The van der Waals surface area contributed by atoms with Crippen LogP contribution >= 0.6 is 0 Å². The Labute approximate surface area is 133 Å². The number of hydrogen-bond acceptors (Lipinski definition) is 3. The fourth-order valence-electron chi connectivity index (χ4n) is 2.60. The van der Waals surface area contributed by atoms with Gasteiger partial charge in [-0.2, -0.15) is 0 Å². The lowest BCUT2D eigenvalue weighted by molar-refractivity contribution is -0.145. The van der Waals surface area contributed by atoms with Crippen LogP contribution in [0.4, 0.5) is 8.78 Å². The lowest BCUT2D eigenvalue weighted by Crippen LogP contribution is -2.41. The fraction of sp³-hybridized carbons (Fsp3) is 0.500. The maximum Gasteiger partial charge on any atom is 0.323 e. The quantitative estimate of drug-likeness (QED) is 0.826. The molecular weight excluding hydrogens is 306 g/mol. The molecule has 7 heteroatoms. The van der Waals surface area contributed by atoms with Crippen molar-refractivity contribution in [3.8, 4) is 0 Å². The van der Waals surface area contributed by atoms with Gasteiger partial charge in [0.15, 0.2) is 11.6 Å². The van der Waals surface area contributed by atoms with Crippen LogP contribution in [-0.2, 0) is 9.59 Å². The molecule has 0 bridgehead atoms. The van der Waals surface area contributed by atoms with Crippen LogP contribution in [-0.4, -0.2) is 60.5 Å². The topological polar surface area (TPSA) is 60.9 Å². The summed E-state index contributed by atoms with van der Waals surface area (Å²) in [7, 11) is 3.65. The third kappa shape index (κ3) is 4.25. The number of carboxylic acid groups (broad SMARTS) is 1. The van der Waals surface area contributed by atoms with Gasteiger partial charge in [-0.1, -0.05) is 12.1 Å². The van der Waals surface area contributed by atoms with Gasteiger partial charge >= 0.3 is 5.97 Å². The zero-order valence-corrected chi connectivity index (χ0v) is 13.1. The zero-order chi connectivity index (χ0) is 17.1. The molecule has 0 saturated heterocycles. The fourth-order valence-corrected chi connectivity index (χ4v) is 2.60. The third-order valence-corrected chi connectivity index (χ3v) is 3.94. The number of likely N-dealkylation sites (N-methyl/N-ethyl adjacent to an activating group) is 1. The summed E-state index contributed by atoms with van der Waals surface area (Å²) in [6, 6.07) is 3.91. The standard InChI is InChI=1S/C16H20F2N2O3/c1-19(2)6-7-20(9-14(21)22)16(23)12-8-11(12)10-4-3-5-13(17)15(10)18/h3-5,11-12H,6-9H2,1-2H3,(H,21,22)/t11-,12+/m0/s1. The van der Waals surface area contributed by atoms with E-state index >= 15 is 0 Å². The van der Waals surface area contributed by atoms with Crippen LogP contribution in [0.3, 0.4) is 0 Å². The van der Waals surface area contributed by atoms with E-state index in [-0.39, 0.29) is 30.5 Å². The van der Waals surface area contributed by atoms with Gasteiger partial charge in [-0.15, -0.1) is 0 Å². The molecule has 126 valence electrons. The predicted octanol–water partition coefficient (Wildman–Crippen LogP) is 1.54. The van der Waals surface area contributed by atoms with E-state index in [0.717, 1.165) is 6.07 Å². The number of halogens is 2. The van der Waals surface area contributed by atoms with Crippen LogP contribution in [0.15, 0.2) is 18.2 Å². The van der Waals surface area contributed by atoms with E-state index in [1.165, 1.54) is 17.0 Å². The Morgan fingerprint density at radius 3 is 2.57 bits per heavy atom. The molecule has 2 rings (SSSR count). The summed E-state index contributed by atoms with van der Waals surface area (Å²) >= 11 is 0. The van der Waals surface area contributed by atoms with E-state index in [2.05, 4.69) is 0 Å². The van der Waals surface area contributed by atoms with Gasteiger partial charge < -0.3 is 14.9 Å². The Morgan fingerprint density at radius 2 is 1.96 bits per heavy atom. The minimum atomic E-state index is -1.09. The number of carboxylic acids is 1. The van der Waals surface area contributed by atoms with Crippen LogP contribution in [0.25, 0.3) is 0 Å². The van der Waals surface area contributed by atoms with Crippen LogP contribution in [0, 0.1) is 17.6 Å². The molecule has 0 spiro atoms. The van der Waals surface area contributed by atoms with E-state index in [0.29, 0.717) is 13.0 Å². The van der Waals surface area contributed by atoms with Gasteiger partial charge in [0, 0.05) is 19.0 Å². The molecule has 1 fully saturated rings. The molecule has 1 amide bonds. The number of carbonyl (C=O) groups excluding carboxylic acids is 1. The van der Waals surface area contributed by atoms with Crippen LogP contribution in [0.2, 0.25) is 0 Å². The van der Waals surface area contributed by atoms with Crippen molar-refractivity contribution in [3.05, 3.63) is 35.4 Å². The van der Waals surface area contributed by atoms with Crippen LogP contribution < -0.4 is 0 Å².